The zero-order valence-corrected chi connectivity index (χ0v) is 18.6. The molecular weight excluding hydrogens is 432 g/mol. The van der Waals surface area contributed by atoms with Crippen molar-refractivity contribution in [2.45, 2.75) is 43.7 Å². The minimum atomic E-state index is -3.72. The molecule has 0 aliphatic heterocycles. The number of methoxy groups -OCH3 is 1. The Hall–Kier alpha value is -3.24. The Labute approximate surface area is 185 Å². The molecule has 3 aromatic rings. The van der Waals surface area contributed by atoms with Gasteiger partial charge in [-0.2, -0.15) is 5.10 Å². The van der Waals surface area contributed by atoms with Gasteiger partial charge in [-0.25, -0.2) is 17.8 Å². The second kappa shape index (κ2) is 8.71. The lowest BCUT2D eigenvalue weighted by Gasteiger charge is -2.14. The van der Waals surface area contributed by atoms with E-state index in [1.807, 2.05) is 6.92 Å². The van der Waals surface area contributed by atoms with Crippen molar-refractivity contribution in [3.05, 3.63) is 58.5 Å². The number of aryl methyl sites for hydroxylation is 1. The molecule has 168 valence electrons. The highest BCUT2D eigenvalue weighted by Crippen LogP contribution is 2.30. The van der Waals surface area contributed by atoms with Crippen molar-refractivity contribution in [2.75, 3.05) is 12.4 Å². The smallest absolute Gasteiger partial charge is 0.276 e. The SMILES string of the molecule is CCCn1nc(C(=O)Nc2cc(S(=O)(=O)NC3CC3)ccc2OC)c2ccccc2c1=O. The summed E-state index contributed by atoms with van der Waals surface area (Å²) in [5, 5.41) is 7.79. The number of fused-ring (bicyclic) bond motifs is 1. The molecule has 1 heterocycles. The summed E-state index contributed by atoms with van der Waals surface area (Å²) in [6.45, 7) is 2.28. The third-order valence-corrected chi connectivity index (χ3v) is 6.67. The molecule has 1 amide bonds. The van der Waals surface area contributed by atoms with Crippen LogP contribution in [0.15, 0.2) is 52.2 Å². The second-order valence-electron chi connectivity index (χ2n) is 7.63. The molecule has 0 unspecified atom stereocenters. The van der Waals surface area contributed by atoms with Crippen LogP contribution < -0.4 is 20.3 Å². The summed E-state index contributed by atoms with van der Waals surface area (Å²) in [5.74, 6) is -0.274. The lowest BCUT2D eigenvalue weighted by atomic mass is 10.1. The van der Waals surface area contributed by atoms with Gasteiger partial charge >= 0.3 is 0 Å². The summed E-state index contributed by atoms with van der Waals surface area (Å²) in [4.78, 5) is 25.9. The Morgan fingerprint density at radius 1 is 1.19 bits per heavy atom. The fraction of sp³-hybridized carbons (Fsp3) is 0.318. The molecule has 32 heavy (non-hydrogen) atoms. The maximum Gasteiger partial charge on any atom is 0.276 e. The van der Waals surface area contributed by atoms with Gasteiger partial charge in [0, 0.05) is 18.0 Å². The van der Waals surface area contributed by atoms with E-state index in [1.54, 1.807) is 24.3 Å². The van der Waals surface area contributed by atoms with E-state index >= 15 is 0 Å². The van der Waals surface area contributed by atoms with E-state index in [0.717, 1.165) is 12.8 Å². The Morgan fingerprint density at radius 3 is 2.56 bits per heavy atom. The number of benzene rings is 2. The highest BCUT2D eigenvalue weighted by atomic mass is 32.2. The number of rotatable bonds is 8. The summed E-state index contributed by atoms with van der Waals surface area (Å²) >= 11 is 0. The van der Waals surface area contributed by atoms with Gasteiger partial charge in [-0.3, -0.25) is 9.59 Å². The van der Waals surface area contributed by atoms with Crippen molar-refractivity contribution >= 4 is 32.4 Å². The van der Waals surface area contributed by atoms with E-state index in [1.165, 1.54) is 30.0 Å². The first-order valence-corrected chi connectivity index (χ1v) is 11.8. The van der Waals surface area contributed by atoms with E-state index in [4.69, 9.17) is 4.74 Å². The number of carbonyl (C=O) groups excluding carboxylic acids is 1. The third-order valence-electron chi connectivity index (χ3n) is 5.15. The van der Waals surface area contributed by atoms with Gasteiger partial charge in [-0.1, -0.05) is 25.1 Å². The van der Waals surface area contributed by atoms with Crippen LogP contribution in [0.25, 0.3) is 10.8 Å². The predicted molar refractivity (Wildman–Crippen MR) is 121 cm³/mol. The number of aromatic nitrogens is 2. The molecule has 0 spiro atoms. The minimum absolute atomic E-state index is 0.0225. The number of hydrogen-bond acceptors (Lipinski definition) is 6. The van der Waals surface area contributed by atoms with Gasteiger partial charge in [-0.05, 0) is 43.5 Å². The fourth-order valence-corrected chi connectivity index (χ4v) is 4.72. The number of nitrogens with zero attached hydrogens (tertiary/aromatic N) is 2. The highest BCUT2D eigenvalue weighted by Gasteiger charge is 2.28. The number of sulfonamides is 1. The van der Waals surface area contributed by atoms with Gasteiger partial charge < -0.3 is 10.1 Å². The van der Waals surface area contributed by atoms with Gasteiger partial charge in [0.1, 0.15) is 5.75 Å². The van der Waals surface area contributed by atoms with Gasteiger partial charge in [0.05, 0.1) is 23.1 Å². The van der Waals surface area contributed by atoms with Crippen molar-refractivity contribution in [1.29, 1.82) is 0 Å². The molecule has 0 saturated heterocycles. The number of amides is 1. The van der Waals surface area contributed by atoms with Gasteiger partial charge in [0.15, 0.2) is 5.69 Å². The average molecular weight is 457 g/mol. The molecule has 10 heteroatoms. The predicted octanol–water partition coefficient (Wildman–Crippen LogP) is 2.51. The minimum Gasteiger partial charge on any atom is -0.495 e. The van der Waals surface area contributed by atoms with Gasteiger partial charge in [0.2, 0.25) is 10.0 Å². The van der Waals surface area contributed by atoms with E-state index in [-0.39, 0.29) is 27.9 Å². The Kier molecular flexibility index (Phi) is 5.98. The molecule has 1 aliphatic rings. The molecular formula is C22H24N4O5S. The number of anilines is 1. The maximum absolute atomic E-state index is 13.2. The lowest BCUT2D eigenvalue weighted by Crippen LogP contribution is -2.28. The molecule has 1 saturated carbocycles. The molecule has 1 aromatic heterocycles. The topological polar surface area (TPSA) is 119 Å². The molecule has 0 radical (unpaired) electrons. The van der Waals surface area contributed by atoms with Crippen molar-refractivity contribution in [3.63, 3.8) is 0 Å². The van der Waals surface area contributed by atoms with Crippen LogP contribution in [0.5, 0.6) is 5.75 Å². The Balaban J connectivity index is 1.74. The van der Waals surface area contributed by atoms with Gasteiger partial charge in [-0.15, -0.1) is 0 Å². The molecule has 1 aliphatic carbocycles. The summed E-state index contributed by atoms with van der Waals surface area (Å²) in [5.41, 5.74) is -0.00816. The van der Waals surface area contributed by atoms with E-state index in [2.05, 4.69) is 15.1 Å². The first-order chi connectivity index (χ1) is 15.3. The Morgan fingerprint density at radius 2 is 1.91 bits per heavy atom. The normalized spacial score (nSPS) is 13.8. The fourth-order valence-electron chi connectivity index (χ4n) is 3.39. The maximum atomic E-state index is 13.2. The van der Waals surface area contributed by atoms with E-state index in [0.29, 0.717) is 29.5 Å². The van der Waals surface area contributed by atoms with Crippen molar-refractivity contribution in [2.24, 2.45) is 0 Å². The Bertz CT molecular complexity index is 1350. The molecule has 9 nitrogen and oxygen atoms in total. The average Bonchev–Trinajstić information content (AvgIpc) is 3.59. The molecule has 2 aromatic carbocycles. The van der Waals surface area contributed by atoms with Crippen LogP contribution in [-0.2, 0) is 16.6 Å². The van der Waals surface area contributed by atoms with Crippen LogP contribution >= 0.6 is 0 Å². The number of hydrogen-bond donors (Lipinski definition) is 2. The van der Waals surface area contributed by atoms with E-state index < -0.39 is 15.9 Å². The third kappa shape index (κ3) is 4.37. The van der Waals surface area contributed by atoms with Crippen molar-refractivity contribution < 1.29 is 17.9 Å². The number of ether oxygens (including phenoxy) is 1. The summed E-state index contributed by atoms with van der Waals surface area (Å²) < 4.78 is 34.4. The van der Waals surface area contributed by atoms with Crippen LogP contribution in [0, 0.1) is 0 Å². The molecule has 0 bridgehead atoms. The van der Waals surface area contributed by atoms with Crippen LogP contribution in [0.3, 0.4) is 0 Å². The summed E-state index contributed by atoms with van der Waals surface area (Å²) in [6.07, 6.45) is 2.30. The second-order valence-corrected chi connectivity index (χ2v) is 9.35. The number of carbonyl (C=O) groups is 1. The zero-order chi connectivity index (χ0) is 22.9. The molecule has 0 atom stereocenters. The molecule has 4 rings (SSSR count). The standard InChI is InChI=1S/C22H24N4O5S/c1-3-12-26-22(28)17-7-5-4-6-16(17)20(24-26)21(27)23-18-13-15(10-11-19(18)31-2)32(29,30)25-14-8-9-14/h4-7,10-11,13-14,25H,3,8-9,12H2,1-2H3,(H,23,27). The monoisotopic (exact) mass is 456 g/mol. The molecule has 2 N–H and O–H groups in total. The quantitative estimate of drug-likeness (QED) is 0.538. The van der Waals surface area contributed by atoms with E-state index in [9.17, 15) is 18.0 Å². The molecule has 1 fully saturated rings. The first kappa shape index (κ1) is 22.0. The first-order valence-electron chi connectivity index (χ1n) is 10.4. The van der Waals surface area contributed by atoms with Crippen LogP contribution in [0.4, 0.5) is 5.69 Å². The summed E-state index contributed by atoms with van der Waals surface area (Å²) in [6, 6.07) is 11.0. The van der Waals surface area contributed by atoms with Crippen LogP contribution in [-0.4, -0.2) is 37.3 Å². The zero-order valence-electron chi connectivity index (χ0n) is 17.8. The summed E-state index contributed by atoms with van der Waals surface area (Å²) in [7, 11) is -2.29. The number of nitrogens with one attached hydrogen (secondary N) is 2. The lowest BCUT2D eigenvalue weighted by molar-refractivity contribution is 0.102. The highest BCUT2D eigenvalue weighted by molar-refractivity contribution is 7.89. The largest absolute Gasteiger partial charge is 0.495 e. The van der Waals surface area contributed by atoms with Gasteiger partial charge in [0.25, 0.3) is 11.5 Å². The van der Waals surface area contributed by atoms with Crippen LogP contribution in [0.1, 0.15) is 36.7 Å². The van der Waals surface area contributed by atoms with Crippen molar-refractivity contribution in [3.8, 4) is 5.75 Å². The van der Waals surface area contributed by atoms with Crippen molar-refractivity contribution in [1.82, 2.24) is 14.5 Å². The van der Waals surface area contributed by atoms with Crippen LogP contribution in [0.2, 0.25) is 0 Å².